The van der Waals surface area contributed by atoms with Gasteiger partial charge in [-0.3, -0.25) is 4.79 Å². The summed E-state index contributed by atoms with van der Waals surface area (Å²) in [6, 6.07) is 0. The van der Waals surface area contributed by atoms with Crippen molar-refractivity contribution < 1.29 is 14.3 Å². The van der Waals surface area contributed by atoms with Crippen molar-refractivity contribution in [3.63, 3.8) is 0 Å². The Bertz CT molecular complexity index is 297. The number of carbonyl (C=O) groups is 1. The normalized spacial score (nSPS) is 25.3. The Morgan fingerprint density at radius 1 is 1.41 bits per heavy atom. The molecule has 0 amide bonds. The van der Waals surface area contributed by atoms with Crippen LogP contribution in [0, 0.1) is 5.92 Å². The Kier molecular flexibility index (Phi) is 4.20. The van der Waals surface area contributed by atoms with E-state index in [-0.39, 0.29) is 29.6 Å². The summed E-state index contributed by atoms with van der Waals surface area (Å²) in [5, 5.41) is 3.45. The first kappa shape index (κ1) is 14.0. The van der Waals surface area contributed by atoms with E-state index in [0.29, 0.717) is 6.61 Å². The number of nitrogens with one attached hydrogen (secondary N) is 1. The van der Waals surface area contributed by atoms with Crippen molar-refractivity contribution in [2.75, 3.05) is 13.2 Å². The fourth-order valence-corrected chi connectivity index (χ4v) is 2.53. The Morgan fingerprint density at radius 3 is 2.53 bits per heavy atom. The third-order valence-corrected chi connectivity index (χ3v) is 3.09. The second-order valence-electron chi connectivity index (χ2n) is 5.69. The highest BCUT2D eigenvalue weighted by atomic mass is 16.6. The van der Waals surface area contributed by atoms with Gasteiger partial charge in [0.05, 0.1) is 12.2 Å². The minimum absolute atomic E-state index is 0.0230. The van der Waals surface area contributed by atoms with Crippen LogP contribution in [-0.4, -0.2) is 30.3 Å². The van der Waals surface area contributed by atoms with Crippen LogP contribution in [0.15, 0.2) is 12.8 Å². The molecule has 17 heavy (non-hydrogen) atoms. The Hall–Kier alpha value is -1.03. The first-order valence-electron chi connectivity index (χ1n) is 5.97. The molecule has 1 aliphatic rings. The topological polar surface area (TPSA) is 47.6 Å². The molecule has 1 N–H and O–H groups in total. The predicted molar refractivity (Wildman–Crippen MR) is 66.5 cm³/mol. The van der Waals surface area contributed by atoms with Crippen molar-refractivity contribution in [2.45, 2.75) is 45.2 Å². The van der Waals surface area contributed by atoms with Crippen LogP contribution >= 0.6 is 0 Å². The zero-order chi connectivity index (χ0) is 13.1. The second-order valence-corrected chi connectivity index (χ2v) is 5.69. The van der Waals surface area contributed by atoms with Crippen molar-refractivity contribution in [1.29, 1.82) is 0 Å². The van der Waals surface area contributed by atoms with Crippen LogP contribution in [0.4, 0.5) is 0 Å². The minimum atomic E-state index is -0.222. The third kappa shape index (κ3) is 3.73. The summed E-state index contributed by atoms with van der Waals surface area (Å²) < 4.78 is 10.1. The molecule has 4 heteroatoms. The number of ether oxygens (including phenoxy) is 2. The van der Waals surface area contributed by atoms with Crippen LogP contribution in [0.25, 0.3) is 0 Å². The fourth-order valence-electron chi connectivity index (χ4n) is 2.53. The molecule has 0 aliphatic carbocycles. The van der Waals surface area contributed by atoms with Gasteiger partial charge in [-0.25, -0.2) is 0 Å². The van der Waals surface area contributed by atoms with Gasteiger partial charge >= 0.3 is 5.97 Å². The predicted octanol–water partition coefficient (Wildman–Crippen LogP) is 1.86. The Labute approximate surface area is 103 Å². The van der Waals surface area contributed by atoms with Gasteiger partial charge in [-0.1, -0.05) is 6.58 Å². The number of esters is 1. The molecule has 4 nitrogen and oxygen atoms in total. The van der Waals surface area contributed by atoms with Gasteiger partial charge in [0.25, 0.3) is 0 Å². The lowest BCUT2D eigenvalue weighted by atomic mass is 9.87. The molecule has 0 aromatic rings. The molecule has 1 fully saturated rings. The van der Waals surface area contributed by atoms with E-state index in [9.17, 15) is 4.79 Å². The summed E-state index contributed by atoms with van der Waals surface area (Å²) >= 11 is 0. The lowest BCUT2D eigenvalue weighted by Crippen LogP contribution is -2.46. The molecule has 0 saturated carbocycles. The molecule has 0 bridgehead atoms. The van der Waals surface area contributed by atoms with Crippen LogP contribution in [-0.2, 0) is 14.3 Å². The molecule has 0 spiro atoms. The summed E-state index contributed by atoms with van der Waals surface area (Å²) in [4.78, 5) is 12.0. The third-order valence-electron chi connectivity index (χ3n) is 3.09. The molecule has 98 valence electrons. The van der Waals surface area contributed by atoms with E-state index in [4.69, 9.17) is 9.47 Å². The lowest BCUT2D eigenvalue weighted by Gasteiger charge is -2.27. The van der Waals surface area contributed by atoms with Crippen LogP contribution < -0.4 is 5.32 Å². The largest absolute Gasteiger partial charge is 0.498 e. The van der Waals surface area contributed by atoms with Crippen molar-refractivity contribution in [2.24, 2.45) is 5.92 Å². The zero-order valence-corrected chi connectivity index (χ0v) is 11.2. The van der Waals surface area contributed by atoms with Gasteiger partial charge in [0.2, 0.25) is 0 Å². The van der Waals surface area contributed by atoms with E-state index in [1.54, 1.807) is 0 Å². The van der Waals surface area contributed by atoms with Crippen LogP contribution in [0.5, 0.6) is 0 Å². The SMILES string of the molecule is C=COCCOC(=O)C1CC(C)(C)NC1(C)C. The van der Waals surface area contributed by atoms with Crippen molar-refractivity contribution in [3.05, 3.63) is 12.8 Å². The van der Waals surface area contributed by atoms with Crippen LogP contribution in [0.3, 0.4) is 0 Å². The molecule has 0 aromatic carbocycles. The maximum Gasteiger partial charge on any atom is 0.310 e. The van der Waals surface area contributed by atoms with Gasteiger partial charge in [-0.15, -0.1) is 0 Å². The van der Waals surface area contributed by atoms with E-state index in [1.165, 1.54) is 6.26 Å². The van der Waals surface area contributed by atoms with Gasteiger partial charge in [-0.05, 0) is 34.1 Å². The summed E-state index contributed by atoms with van der Waals surface area (Å²) in [5.74, 6) is -0.262. The van der Waals surface area contributed by atoms with Crippen molar-refractivity contribution >= 4 is 5.97 Å². The molecule has 1 aliphatic heterocycles. The Balaban J connectivity index is 2.49. The highest BCUT2D eigenvalue weighted by Gasteiger charge is 2.48. The lowest BCUT2D eigenvalue weighted by molar-refractivity contribution is -0.151. The average molecular weight is 241 g/mol. The summed E-state index contributed by atoms with van der Waals surface area (Å²) in [6.07, 6.45) is 2.14. The second kappa shape index (κ2) is 5.08. The zero-order valence-electron chi connectivity index (χ0n) is 11.2. The highest BCUT2D eigenvalue weighted by Crippen LogP contribution is 2.36. The summed E-state index contributed by atoms with van der Waals surface area (Å²) in [5.41, 5.74) is -0.245. The van der Waals surface area contributed by atoms with E-state index in [0.717, 1.165) is 6.42 Å². The molecule has 1 unspecified atom stereocenters. The first-order valence-corrected chi connectivity index (χ1v) is 5.97. The van der Waals surface area contributed by atoms with Gasteiger partial charge in [0.15, 0.2) is 0 Å². The van der Waals surface area contributed by atoms with E-state index >= 15 is 0 Å². The molecular formula is C13H23NO3. The number of hydrogen-bond donors (Lipinski definition) is 1. The first-order chi connectivity index (χ1) is 7.78. The molecule has 1 atom stereocenters. The number of carbonyl (C=O) groups excluding carboxylic acids is 1. The summed E-state index contributed by atoms with van der Waals surface area (Å²) in [7, 11) is 0. The highest BCUT2D eigenvalue weighted by molar-refractivity contribution is 5.74. The van der Waals surface area contributed by atoms with Crippen molar-refractivity contribution in [1.82, 2.24) is 5.32 Å². The van der Waals surface area contributed by atoms with Gasteiger partial charge in [0, 0.05) is 11.1 Å². The van der Waals surface area contributed by atoms with E-state index in [1.807, 2.05) is 13.8 Å². The molecule has 0 radical (unpaired) electrons. The van der Waals surface area contributed by atoms with Crippen molar-refractivity contribution in [3.8, 4) is 0 Å². The number of hydrogen-bond acceptors (Lipinski definition) is 4. The van der Waals surface area contributed by atoms with Crippen LogP contribution in [0.2, 0.25) is 0 Å². The maximum absolute atomic E-state index is 12.0. The fraction of sp³-hybridized carbons (Fsp3) is 0.769. The van der Waals surface area contributed by atoms with Crippen LogP contribution in [0.1, 0.15) is 34.1 Å². The maximum atomic E-state index is 12.0. The van der Waals surface area contributed by atoms with Gasteiger partial charge < -0.3 is 14.8 Å². The van der Waals surface area contributed by atoms with E-state index in [2.05, 4.69) is 25.7 Å². The number of rotatable bonds is 5. The quantitative estimate of drug-likeness (QED) is 0.453. The molecule has 1 saturated heterocycles. The average Bonchev–Trinajstić information content (AvgIpc) is 2.41. The minimum Gasteiger partial charge on any atom is -0.498 e. The van der Waals surface area contributed by atoms with E-state index < -0.39 is 0 Å². The van der Waals surface area contributed by atoms with Gasteiger partial charge in [-0.2, -0.15) is 0 Å². The molecular weight excluding hydrogens is 218 g/mol. The Morgan fingerprint density at radius 2 is 2.06 bits per heavy atom. The standard InChI is InChI=1S/C13H23NO3/c1-6-16-7-8-17-11(15)10-9-12(2,3)14-13(10,4)5/h6,10,14H,1,7-9H2,2-5H3. The monoisotopic (exact) mass is 241 g/mol. The molecule has 1 rings (SSSR count). The molecule has 1 heterocycles. The smallest absolute Gasteiger partial charge is 0.310 e. The van der Waals surface area contributed by atoms with Gasteiger partial charge in [0.1, 0.15) is 13.2 Å². The summed E-state index contributed by atoms with van der Waals surface area (Å²) in [6.45, 7) is 12.3. The molecule has 0 aromatic heterocycles.